The average molecular weight is 275 g/mol. The molecule has 1 fully saturated rings. The van der Waals surface area contributed by atoms with E-state index in [1.807, 2.05) is 24.1 Å². The Morgan fingerprint density at radius 2 is 2.05 bits per heavy atom. The lowest BCUT2D eigenvalue weighted by molar-refractivity contribution is 0.0600. The molecule has 0 unspecified atom stereocenters. The number of nitrogens with zero attached hydrogens (tertiary/aromatic N) is 2. The van der Waals surface area contributed by atoms with Gasteiger partial charge >= 0.3 is 5.97 Å². The third kappa shape index (κ3) is 3.73. The van der Waals surface area contributed by atoms with E-state index in [0.717, 1.165) is 12.0 Å². The molecule has 0 saturated heterocycles. The van der Waals surface area contributed by atoms with Crippen LogP contribution in [0.2, 0.25) is 0 Å². The number of carbonyl (C=O) groups excluding carboxylic acids is 1. The van der Waals surface area contributed by atoms with E-state index in [0.29, 0.717) is 24.1 Å². The lowest BCUT2D eigenvalue weighted by Crippen LogP contribution is -2.35. The summed E-state index contributed by atoms with van der Waals surface area (Å²) in [5.74, 6) is 0.295. The molecule has 20 heavy (non-hydrogen) atoms. The number of rotatable bonds is 5. The maximum atomic E-state index is 11.3. The number of aliphatic imine (C=N–C) groups is 1. The standard InChI is InChI=1S/C15H21N3O2/c1-18(13-7-8-13)15(16)17-10-9-11-3-5-12(6-4-11)14(19)20-2/h3-6,13H,7-10H2,1-2H3,(H2,16,17). The van der Waals surface area contributed by atoms with Crippen LogP contribution in [0.5, 0.6) is 0 Å². The Morgan fingerprint density at radius 3 is 2.60 bits per heavy atom. The van der Waals surface area contributed by atoms with E-state index in [2.05, 4.69) is 9.73 Å². The Labute approximate surface area is 119 Å². The summed E-state index contributed by atoms with van der Waals surface area (Å²) in [5, 5.41) is 0. The number of hydrogen-bond acceptors (Lipinski definition) is 3. The van der Waals surface area contributed by atoms with E-state index in [9.17, 15) is 4.79 Å². The van der Waals surface area contributed by atoms with Gasteiger partial charge in [-0.05, 0) is 37.0 Å². The first-order valence-corrected chi connectivity index (χ1v) is 6.82. The van der Waals surface area contributed by atoms with Crippen molar-refractivity contribution in [2.24, 2.45) is 10.7 Å². The molecule has 0 atom stereocenters. The lowest BCUT2D eigenvalue weighted by atomic mass is 10.1. The maximum absolute atomic E-state index is 11.3. The zero-order chi connectivity index (χ0) is 14.5. The quantitative estimate of drug-likeness (QED) is 0.501. The molecule has 5 heteroatoms. The van der Waals surface area contributed by atoms with Crippen molar-refractivity contribution in [1.29, 1.82) is 0 Å². The molecular weight excluding hydrogens is 254 g/mol. The van der Waals surface area contributed by atoms with Gasteiger partial charge in [0.05, 0.1) is 12.7 Å². The molecule has 1 saturated carbocycles. The van der Waals surface area contributed by atoms with Crippen molar-refractivity contribution in [2.75, 3.05) is 20.7 Å². The van der Waals surface area contributed by atoms with Crippen molar-refractivity contribution < 1.29 is 9.53 Å². The molecule has 1 aromatic rings. The van der Waals surface area contributed by atoms with Crippen LogP contribution in [0.15, 0.2) is 29.3 Å². The predicted octanol–water partition coefficient (Wildman–Crippen LogP) is 1.42. The Balaban J connectivity index is 1.84. The summed E-state index contributed by atoms with van der Waals surface area (Å²) < 4.78 is 4.66. The number of methoxy groups -OCH3 is 1. The Bertz CT molecular complexity index is 492. The molecule has 1 aliphatic carbocycles. The van der Waals surface area contributed by atoms with Gasteiger partial charge in [0.2, 0.25) is 0 Å². The fraction of sp³-hybridized carbons (Fsp3) is 0.467. The molecule has 0 bridgehead atoms. The van der Waals surface area contributed by atoms with Crippen molar-refractivity contribution in [3.05, 3.63) is 35.4 Å². The van der Waals surface area contributed by atoms with Crippen molar-refractivity contribution in [3.63, 3.8) is 0 Å². The summed E-state index contributed by atoms with van der Waals surface area (Å²) in [6, 6.07) is 7.96. The molecular formula is C15H21N3O2. The number of ether oxygens (including phenoxy) is 1. The summed E-state index contributed by atoms with van der Waals surface area (Å²) in [6.07, 6.45) is 3.23. The Hall–Kier alpha value is -2.04. The molecule has 0 spiro atoms. The van der Waals surface area contributed by atoms with Crippen LogP contribution in [0.4, 0.5) is 0 Å². The minimum atomic E-state index is -0.315. The summed E-state index contributed by atoms with van der Waals surface area (Å²) in [5.41, 5.74) is 7.61. The molecule has 0 aromatic heterocycles. The van der Waals surface area contributed by atoms with Gasteiger partial charge in [0, 0.05) is 19.6 Å². The first-order valence-electron chi connectivity index (χ1n) is 6.82. The average Bonchev–Trinajstić information content (AvgIpc) is 3.31. The molecule has 0 amide bonds. The van der Waals surface area contributed by atoms with Crippen LogP contribution < -0.4 is 5.73 Å². The topological polar surface area (TPSA) is 67.9 Å². The molecule has 2 rings (SSSR count). The minimum Gasteiger partial charge on any atom is -0.465 e. The molecule has 108 valence electrons. The van der Waals surface area contributed by atoms with Gasteiger partial charge in [0.1, 0.15) is 0 Å². The van der Waals surface area contributed by atoms with Crippen molar-refractivity contribution in [3.8, 4) is 0 Å². The third-order valence-corrected chi connectivity index (χ3v) is 3.51. The highest BCUT2D eigenvalue weighted by atomic mass is 16.5. The normalized spacial score (nSPS) is 15.0. The largest absolute Gasteiger partial charge is 0.465 e. The number of hydrogen-bond donors (Lipinski definition) is 1. The first kappa shape index (κ1) is 14.4. The van der Waals surface area contributed by atoms with Crippen LogP contribution in [-0.2, 0) is 11.2 Å². The lowest BCUT2D eigenvalue weighted by Gasteiger charge is -2.16. The minimum absolute atomic E-state index is 0.315. The summed E-state index contributed by atoms with van der Waals surface area (Å²) in [6.45, 7) is 0.653. The smallest absolute Gasteiger partial charge is 0.337 e. The fourth-order valence-electron chi connectivity index (χ4n) is 1.99. The SMILES string of the molecule is COC(=O)c1ccc(CCN=C(N)N(C)C2CC2)cc1. The van der Waals surface area contributed by atoms with Gasteiger partial charge < -0.3 is 15.4 Å². The van der Waals surface area contributed by atoms with E-state index >= 15 is 0 Å². The van der Waals surface area contributed by atoms with E-state index in [4.69, 9.17) is 5.73 Å². The molecule has 0 radical (unpaired) electrons. The molecule has 0 heterocycles. The van der Waals surface area contributed by atoms with E-state index < -0.39 is 0 Å². The predicted molar refractivity (Wildman–Crippen MR) is 78.8 cm³/mol. The van der Waals surface area contributed by atoms with Crippen molar-refractivity contribution in [1.82, 2.24) is 4.90 Å². The number of carbonyl (C=O) groups is 1. The maximum Gasteiger partial charge on any atom is 0.337 e. The molecule has 1 aromatic carbocycles. The summed E-state index contributed by atoms with van der Waals surface area (Å²) >= 11 is 0. The van der Waals surface area contributed by atoms with Gasteiger partial charge in [-0.1, -0.05) is 12.1 Å². The van der Waals surface area contributed by atoms with Gasteiger partial charge in [-0.2, -0.15) is 0 Å². The van der Waals surface area contributed by atoms with Crippen molar-refractivity contribution >= 4 is 11.9 Å². The van der Waals surface area contributed by atoms with Gasteiger partial charge in [-0.3, -0.25) is 4.99 Å². The number of nitrogens with two attached hydrogens (primary N) is 1. The second-order valence-electron chi connectivity index (χ2n) is 5.02. The van der Waals surface area contributed by atoms with Crippen LogP contribution in [-0.4, -0.2) is 43.6 Å². The monoisotopic (exact) mass is 275 g/mol. The van der Waals surface area contributed by atoms with Crippen molar-refractivity contribution in [2.45, 2.75) is 25.3 Å². The highest BCUT2D eigenvalue weighted by Crippen LogP contribution is 2.24. The van der Waals surface area contributed by atoms with Gasteiger partial charge in [0.25, 0.3) is 0 Å². The first-order chi connectivity index (χ1) is 9.61. The zero-order valence-electron chi connectivity index (χ0n) is 12.0. The molecule has 2 N–H and O–H groups in total. The summed E-state index contributed by atoms with van der Waals surface area (Å²) in [4.78, 5) is 17.7. The van der Waals surface area contributed by atoms with Crippen LogP contribution >= 0.6 is 0 Å². The second-order valence-corrected chi connectivity index (χ2v) is 5.02. The number of guanidine groups is 1. The Morgan fingerprint density at radius 1 is 1.40 bits per heavy atom. The Kier molecular flexibility index (Phi) is 4.61. The van der Waals surface area contributed by atoms with E-state index in [-0.39, 0.29) is 5.97 Å². The van der Waals surface area contributed by atoms with Gasteiger partial charge in [-0.15, -0.1) is 0 Å². The van der Waals surface area contributed by atoms with Crippen LogP contribution in [0.3, 0.4) is 0 Å². The molecule has 5 nitrogen and oxygen atoms in total. The van der Waals surface area contributed by atoms with Crippen LogP contribution in [0, 0.1) is 0 Å². The molecule has 1 aliphatic rings. The van der Waals surface area contributed by atoms with Gasteiger partial charge in [-0.25, -0.2) is 4.79 Å². The van der Waals surface area contributed by atoms with E-state index in [1.54, 1.807) is 12.1 Å². The van der Waals surface area contributed by atoms with Crippen LogP contribution in [0.25, 0.3) is 0 Å². The van der Waals surface area contributed by atoms with E-state index in [1.165, 1.54) is 20.0 Å². The van der Waals surface area contributed by atoms with Gasteiger partial charge in [0.15, 0.2) is 5.96 Å². The number of esters is 1. The zero-order valence-corrected chi connectivity index (χ0v) is 12.0. The summed E-state index contributed by atoms with van der Waals surface area (Å²) in [7, 11) is 3.37. The number of benzene rings is 1. The van der Waals surface area contributed by atoms with Crippen LogP contribution in [0.1, 0.15) is 28.8 Å². The highest BCUT2D eigenvalue weighted by molar-refractivity contribution is 5.89. The third-order valence-electron chi connectivity index (χ3n) is 3.51. The fourth-order valence-corrected chi connectivity index (χ4v) is 1.99. The highest BCUT2D eigenvalue weighted by Gasteiger charge is 2.27. The molecule has 0 aliphatic heterocycles. The second kappa shape index (κ2) is 6.41.